The molecule has 0 saturated carbocycles. The molecule has 0 N–H and O–H groups in total. The number of piperidine rings is 2. The minimum atomic E-state index is 0.261. The van der Waals surface area contributed by atoms with E-state index >= 15 is 0 Å². The van der Waals surface area contributed by atoms with Gasteiger partial charge in [0.25, 0.3) is 0 Å². The smallest absolute Gasteiger partial charge is 0.222 e. The standard InChI is InChI=1S/C24H36N2O3/c1-19-5-3-7-22(20(19)2)29-16-14-25-12-10-24(11-13-25)9-8-23(27)26(18-24)17-21-6-4-15-28-21/h3,5,7,21H,4,6,8-18H2,1-2H3. The number of hydrogen-bond donors (Lipinski definition) is 0. The molecular weight excluding hydrogens is 364 g/mol. The van der Waals surface area contributed by atoms with E-state index in [1.807, 2.05) is 0 Å². The van der Waals surface area contributed by atoms with Crippen LogP contribution in [0.3, 0.4) is 0 Å². The van der Waals surface area contributed by atoms with E-state index in [1.165, 1.54) is 24.0 Å². The number of rotatable bonds is 6. The number of carbonyl (C=O) groups excluding carboxylic acids is 1. The largest absolute Gasteiger partial charge is 0.492 e. The molecule has 3 fully saturated rings. The molecule has 29 heavy (non-hydrogen) atoms. The van der Waals surface area contributed by atoms with E-state index in [1.54, 1.807) is 0 Å². The van der Waals surface area contributed by atoms with Gasteiger partial charge in [0.15, 0.2) is 0 Å². The van der Waals surface area contributed by atoms with Gasteiger partial charge < -0.3 is 14.4 Å². The zero-order valence-corrected chi connectivity index (χ0v) is 18.1. The fourth-order valence-corrected chi connectivity index (χ4v) is 5.13. The molecule has 3 saturated heterocycles. The van der Waals surface area contributed by atoms with Gasteiger partial charge >= 0.3 is 0 Å². The summed E-state index contributed by atoms with van der Waals surface area (Å²) in [5.74, 6) is 1.34. The summed E-state index contributed by atoms with van der Waals surface area (Å²) in [4.78, 5) is 17.1. The van der Waals surface area contributed by atoms with Gasteiger partial charge in [0.05, 0.1) is 6.10 Å². The lowest BCUT2D eigenvalue weighted by molar-refractivity contribution is -0.141. The highest BCUT2D eigenvalue weighted by atomic mass is 16.5. The van der Waals surface area contributed by atoms with Gasteiger partial charge in [-0.1, -0.05) is 12.1 Å². The maximum Gasteiger partial charge on any atom is 0.222 e. The number of hydrogen-bond acceptors (Lipinski definition) is 4. The summed E-state index contributed by atoms with van der Waals surface area (Å²) >= 11 is 0. The number of nitrogens with zero attached hydrogens (tertiary/aromatic N) is 2. The van der Waals surface area contributed by atoms with Gasteiger partial charge in [0.2, 0.25) is 5.91 Å². The van der Waals surface area contributed by atoms with Crippen molar-refractivity contribution in [3.63, 3.8) is 0 Å². The first-order chi connectivity index (χ1) is 14.0. The van der Waals surface area contributed by atoms with Crippen LogP contribution in [0.15, 0.2) is 18.2 Å². The number of likely N-dealkylation sites (tertiary alicyclic amines) is 2. The Labute approximate surface area is 175 Å². The van der Waals surface area contributed by atoms with Crippen molar-refractivity contribution in [3.05, 3.63) is 29.3 Å². The van der Waals surface area contributed by atoms with Crippen molar-refractivity contribution in [2.45, 2.75) is 58.5 Å². The van der Waals surface area contributed by atoms with Crippen molar-refractivity contribution >= 4 is 5.91 Å². The highest BCUT2D eigenvalue weighted by Gasteiger charge is 2.41. The number of carbonyl (C=O) groups is 1. The summed E-state index contributed by atoms with van der Waals surface area (Å²) < 4.78 is 11.8. The van der Waals surface area contributed by atoms with E-state index in [2.05, 4.69) is 41.8 Å². The molecule has 0 bridgehead atoms. The Kier molecular flexibility index (Phi) is 6.45. The molecule has 1 aromatic carbocycles. The number of ether oxygens (including phenoxy) is 2. The van der Waals surface area contributed by atoms with E-state index in [4.69, 9.17) is 9.47 Å². The molecule has 1 atom stereocenters. The minimum Gasteiger partial charge on any atom is -0.492 e. The number of benzene rings is 1. The summed E-state index contributed by atoms with van der Waals surface area (Å²) in [6.45, 7) is 10.8. The molecule has 3 aliphatic heterocycles. The number of aryl methyl sites for hydroxylation is 1. The van der Waals surface area contributed by atoms with E-state index in [0.29, 0.717) is 17.7 Å². The van der Waals surface area contributed by atoms with E-state index in [0.717, 1.165) is 70.9 Å². The predicted octanol–water partition coefficient (Wildman–Crippen LogP) is 3.57. The van der Waals surface area contributed by atoms with Crippen LogP contribution in [0.25, 0.3) is 0 Å². The van der Waals surface area contributed by atoms with Crippen LogP contribution in [0.2, 0.25) is 0 Å². The third-order valence-corrected chi connectivity index (χ3v) is 7.33. The first-order valence-corrected chi connectivity index (χ1v) is 11.4. The zero-order valence-electron chi connectivity index (χ0n) is 18.1. The molecular formula is C24H36N2O3. The van der Waals surface area contributed by atoms with Crippen LogP contribution >= 0.6 is 0 Å². The molecule has 1 aromatic rings. The monoisotopic (exact) mass is 400 g/mol. The van der Waals surface area contributed by atoms with Crippen LogP contribution in [0, 0.1) is 19.3 Å². The maximum absolute atomic E-state index is 12.4. The second kappa shape index (κ2) is 9.05. The normalized spacial score (nSPS) is 25.0. The average molecular weight is 401 g/mol. The Morgan fingerprint density at radius 3 is 2.79 bits per heavy atom. The summed E-state index contributed by atoms with van der Waals surface area (Å²) in [7, 11) is 0. The Hall–Kier alpha value is -1.59. The third kappa shape index (κ3) is 4.95. The zero-order chi connectivity index (χ0) is 20.3. The van der Waals surface area contributed by atoms with E-state index in [-0.39, 0.29) is 6.10 Å². The lowest BCUT2D eigenvalue weighted by Crippen LogP contribution is -2.53. The van der Waals surface area contributed by atoms with Gasteiger partial charge in [0, 0.05) is 32.7 Å². The quantitative estimate of drug-likeness (QED) is 0.732. The lowest BCUT2D eigenvalue weighted by atomic mass is 9.72. The van der Waals surface area contributed by atoms with Crippen molar-refractivity contribution in [3.8, 4) is 5.75 Å². The van der Waals surface area contributed by atoms with Crippen LogP contribution < -0.4 is 4.74 Å². The summed E-state index contributed by atoms with van der Waals surface area (Å²) in [5, 5.41) is 0. The molecule has 160 valence electrons. The SMILES string of the molecule is Cc1cccc(OCCN2CCC3(CCC(=O)N(CC4CCCO4)C3)CC2)c1C. The van der Waals surface area contributed by atoms with Gasteiger partial charge in [-0.3, -0.25) is 9.69 Å². The summed E-state index contributed by atoms with van der Waals surface area (Å²) in [6, 6.07) is 6.26. The Morgan fingerprint density at radius 1 is 1.21 bits per heavy atom. The first kappa shape index (κ1) is 20.7. The average Bonchev–Trinajstić information content (AvgIpc) is 3.23. The van der Waals surface area contributed by atoms with Crippen molar-refractivity contribution in [2.75, 3.05) is 45.9 Å². The minimum absolute atomic E-state index is 0.261. The molecule has 5 heteroatoms. The Morgan fingerprint density at radius 2 is 2.03 bits per heavy atom. The van der Waals surface area contributed by atoms with Crippen LogP contribution in [0.1, 0.15) is 49.7 Å². The summed E-state index contributed by atoms with van der Waals surface area (Å²) in [6.07, 6.45) is 6.64. The van der Waals surface area contributed by atoms with Crippen LogP contribution in [-0.2, 0) is 9.53 Å². The van der Waals surface area contributed by atoms with Gasteiger partial charge in [-0.25, -0.2) is 0 Å². The van der Waals surface area contributed by atoms with Crippen molar-refractivity contribution in [2.24, 2.45) is 5.41 Å². The maximum atomic E-state index is 12.4. The highest BCUT2D eigenvalue weighted by molar-refractivity contribution is 5.77. The van der Waals surface area contributed by atoms with Crippen molar-refractivity contribution < 1.29 is 14.3 Å². The molecule has 5 nitrogen and oxygen atoms in total. The Balaban J connectivity index is 1.24. The lowest BCUT2D eigenvalue weighted by Gasteiger charge is -2.47. The molecule has 1 amide bonds. The van der Waals surface area contributed by atoms with Gasteiger partial charge in [-0.05, 0) is 81.6 Å². The molecule has 1 spiro atoms. The van der Waals surface area contributed by atoms with Crippen LogP contribution in [0.4, 0.5) is 0 Å². The number of amides is 1. The predicted molar refractivity (Wildman–Crippen MR) is 114 cm³/mol. The fourth-order valence-electron chi connectivity index (χ4n) is 5.13. The molecule has 1 unspecified atom stereocenters. The summed E-state index contributed by atoms with van der Waals surface area (Å²) in [5.41, 5.74) is 2.84. The van der Waals surface area contributed by atoms with Crippen molar-refractivity contribution in [1.82, 2.24) is 9.80 Å². The second-order valence-corrected chi connectivity index (χ2v) is 9.30. The molecule has 0 aromatic heterocycles. The molecule has 0 radical (unpaired) electrons. The van der Waals surface area contributed by atoms with Gasteiger partial charge in [0.1, 0.15) is 12.4 Å². The third-order valence-electron chi connectivity index (χ3n) is 7.33. The highest BCUT2D eigenvalue weighted by Crippen LogP contribution is 2.40. The first-order valence-electron chi connectivity index (χ1n) is 11.4. The second-order valence-electron chi connectivity index (χ2n) is 9.30. The van der Waals surface area contributed by atoms with E-state index < -0.39 is 0 Å². The van der Waals surface area contributed by atoms with Crippen LogP contribution in [0.5, 0.6) is 5.75 Å². The molecule has 0 aliphatic carbocycles. The fraction of sp³-hybridized carbons (Fsp3) is 0.708. The molecule has 3 aliphatic rings. The van der Waals surface area contributed by atoms with Gasteiger partial charge in [-0.2, -0.15) is 0 Å². The Bertz CT molecular complexity index is 706. The molecule has 3 heterocycles. The topological polar surface area (TPSA) is 42.0 Å². The van der Waals surface area contributed by atoms with Crippen molar-refractivity contribution in [1.29, 1.82) is 0 Å². The van der Waals surface area contributed by atoms with Gasteiger partial charge in [-0.15, -0.1) is 0 Å². The van der Waals surface area contributed by atoms with E-state index in [9.17, 15) is 4.79 Å². The molecule has 4 rings (SSSR count). The van der Waals surface area contributed by atoms with Crippen LogP contribution in [-0.4, -0.2) is 67.7 Å².